The van der Waals surface area contributed by atoms with Crippen LogP contribution in [0.3, 0.4) is 0 Å². The van der Waals surface area contributed by atoms with E-state index in [-0.39, 0.29) is 18.2 Å². The molecule has 2 aliphatic rings. The molecule has 6 heteroatoms. The summed E-state index contributed by atoms with van der Waals surface area (Å²) in [7, 11) is 0. The molecule has 2 fully saturated rings. The van der Waals surface area contributed by atoms with Crippen LogP contribution in [0.2, 0.25) is 0 Å². The van der Waals surface area contributed by atoms with Crippen LogP contribution < -0.4 is 5.32 Å². The maximum atomic E-state index is 12.2. The molecule has 0 aromatic rings. The van der Waals surface area contributed by atoms with Gasteiger partial charge in [-0.25, -0.2) is 4.79 Å². The standard InChI is InChI=1S/C14H20N2O4/c1-2-7-16-9-10(8-11(16)17)12(18)15-14(13(19)20)5-3-4-6-14/h2,10H,1,3-9H2,(H,15,18)(H,19,20)/t10-/m1/s1. The summed E-state index contributed by atoms with van der Waals surface area (Å²) in [6.45, 7) is 4.34. The first-order chi connectivity index (χ1) is 9.48. The fraction of sp³-hybridized carbons (Fsp3) is 0.643. The van der Waals surface area contributed by atoms with Gasteiger partial charge in [0.05, 0.1) is 5.92 Å². The van der Waals surface area contributed by atoms with Gasteiger partial charge in [-0.1, -0.05) is 18.9 Å². The van der Waals surface area contributed by atoms with Gasteiger partial charge < -0.3 is 15.3 Å². The predicted octanol–water partition coefficient (Wildman–Crippen LogP) is 0.534. The van der Waals surface area contributed by atoms with Crippen LogP contribution in [-0.2, 0) is 14.4 Å². The van der Waals surface area contributed by atoms with Crippen molar-refractivity contribution in [1.82, 2.24) is 10.2 Å². The van der Waals surface area contributed by atoms with Gasteiger partial charge in [0.15, 0.2) is 0 Å². The molecule has 1 heterocycles. The van der Waals surface area contributed by atoms with E-state index < -0.39 is 17.4 Å². The third-order valence-corrected chi connectivity index (χ3v) is 4.16. The van der Waals surface area contributed by atoms with Crippen LogP contribution in [0.5, 0.6) is 0 Å². The maximum Gasteiger partial charge on any atom is 0.329 e. The summed E-state index contributed by atoms with van der Waals surface area (Å²) in [4.78, 5) is 36.9. The Labute approximate surface area is 117 Å². The Morgan fingerprint density at radius 2 is 2.10 bits per heavy atom. The molecule has 1 saturated heterocycles. The minimum atomic E-state index is -1.13. The number of likely N-dealkylation sites (tertiary alicyclic amines) is 1. The summed E-state index contributed by atoms with van der Waals surface area (Å²) in [6.07, 6.45) is 4.30. The number of hydrogen-bond acceptors (Lipinski definition) is 3. The van der Waals surface area contributed by atoms with Crippen molar-refractivity contribution in [1.29, 1.82) is 0 Å². The van der Waals surface area contributed by atoms with Crippen molar-refractivity contribution in [2.75, 3.05) is 13.1 Å². The number of carboxylic acid groups (broad SMARTS) is 1. The second-order valence-corrected chi connectivity index (χ2v) is 5.57. The summed E-state index contributed by atoms with van der Waals surface area (Å²) in [5.41, 5.74) is -1.13. The Balaban J connectivity index is 2.00. The lowest BCUT2D eigenvalue weighted by Crippen LogP contribution is -2.54. The molecule has 0 aromatic carbocycles. The van der Waals surface area contributed by atoms with Gasteiger partial charge in [0, 0.05) is 19.5 Å². The van der Waals surface area contributed by atoms with Crippen LogP contribution in [0.25, 0.3) is 0 Å². The zero-order valence-electron chi connectivity index (χ0n) is 11.4. The number of nitrogens with zero attached hydrogens (tertiary/aromatic N) is 1. The molecule has 1 saturated carbocycles. The fourth-order valence-electron chi connectivity index (χ4n) is 2.99. The molecular formula is C14H20N2O4. The summed E-state index contributed by atoms with van der Waals surface area (Å²) < 4.78 is 0. The minimum absolute atomic E-state index is 0.0825. The fourth-order valence-corrected chi connectivity index (χ4v) is 2.99. The molecule has 2 rings (SSSR count). The number of hydrogen-bond donors (Lipinski definition) is 2. The first kappa shape index (κ1) is 14.6. The first-order valence-electron chi connectivity index (χ1n) is 6.92. The van der Waals surface area contributed by atoms with Gasteiger partial charge in [0.2, 0.25) is 11.8 Å². The molecule has 6 nitrogen and oxygen atoms in total. The van der Waals surface area contributed by atoms with E-state index >= 15 is 0 Å². The highest BCUT2D eigenvalue weighted by molar-refractivity contribution is 5.92. The molecule has 0 aromatic heterocycles. The quantitative estimate of drug-likeness (QED) is 0.719. The lowest BCUT2D eigenvalue weighted by atomic mass is 9.96. The van der Waals surface area contributed by atoms with Crippen LogP contribution in [0.4, 0.5) is 0 Å². The normalized spacial score (nSPS) is 24.7. The summed E-state index contributed by atoms with van der Waals surface area (Å²) in [5, 5.41) is 12.0. The molecule has 1 aliphatic carbocycles. The second-order valence-electron chi connectivity index (χ2n) is 5.57. The number of rotatable bonds is 5. The van der Waals surface area contributed by atoms with Gasteiger partial charge in [-0.05, 0) is 12.8 Å². The number of nitrogens with one attached hydrogen (secondary N) is 1. The monoisotopic (exact) mass is 280 g/mol. The van der Waals surface area contributed by atoms with Gasteiger partial charge in [0.25, 0.3) is 0 Å². The van der Waals surface area contributed by atoms with E-state index in [2.05, 4.69) is 11.9 Å². The average Bonchev–Trinajstić information content (AvgIpc) is 2.99. The molecule has 1 atom stereocenters. The maximum absolute atomic E-state index is 12.2. The number of carbonyl (C=O) groups is 3. The number of aliphatic carboxylic acids is 1. The average molecular weight is 280 g/mol. The zero-order chi connectivity index (χ0) is 14.8. The van der Waals surface area contributed by atoms with Crippen molar-refractivity contribution in [3.8, 4) is 0 Å². The molecule has 0 radical (unpaired) electrons. The lowest BCUT2D eigenvalue weighted by Gasteiger charge is -2.26. The van der Waals surface area contributed by atoms with E-state index in [0.29, 0.717) is 25.9 Å². The van der Waals surface area contributed by atoms with Crippen molar-refractivity contribution in [3.05, 3.63) is 12.7 Å². The van der Waals surface area contributed by atoms with E-state index in [9.17, 15) is 19.5 Å². The van der Waals surface area contributed by atoms with E-state index in [1.54, 1.807) is 11.0 Å². The summed E-state index contributed by atoms with van der Waals surface area (Å²) in [6, 6.07) is 0. The van der Waals surface area contributed by atoms with Gasteiger partial charge in [-0.2, -0.15) is 0 Å². The van der Waals surface area contributed by atoms with Crippen LogP contribution in [0, 0.1) is 5.92 Å². The topological polar surface area (TPSA) is 86.7 Å². The van der Waals surface area contributed by atoms with Crippen LogP contribution in [0.15, 0.2) is 12.7 Å². The van der Waals surface area contributed by atoms with Crippen LogP contribution >= 0.6 is 0 Å². The molecule has 0 spiro atoms. The minimum Gasteiger partial charge on any atom is -0.480 e. The van der Waals surface area contributed by atoms with Gasteiger partial charge in [-0.3, -0.25) is 9.59 Å². The molecular weight excluding hydrogens is 260 g/mol. The van der Waals surface area contributed by atoms with Crippen molar-refractivity contribution in [2.45, 2.75) is 37.6 Å². The first-order valence-corrected chi connectivity index (χ1v) is 6.92. The Kier molecular flexibility index (Phi) is 4.11. The van der Waals surface area contributed by atoms with Gasteiger partial charge in [0.1, 0.15) is 5.54 Å². The number of carbonyl (C=O) groups excluding carboxylic acids is 2. The molecule has 20 heavy (non-hydrogen) atoms. The Morgan fingerprint density at radius 3 is 2.65 bits per heavy atom. The lowest BCUT2D eigenvalue weighted by molar-refractivity contribution is -0.148. The van der Waals surface area contributed by atoms with Crippen LogP contribution in [-0.4, -0.2) is 46.4 Å². The van der Waals surface area contributed by atoms with Crippen molar-refractivity contribution < 1.29 is 19.5 Å². The predicted molar refractivity (Wildman–Crippen MR) is 71.9 cm³/mol. The highest BCUT2D eigenvalue weighted by atomic mass is 16.4. The highest BCUT2D eigenvalue weighted by Gasteiger charge is 2.45. The SMILES string of the molecule is C=CCN1C[C@H](C(=O)NC2(C(=O)O)CCCC2)CC1=O. The van der Waals surface area contributed by atoms with Crippen molar-refractivity contribution >= 4 is 17.8 Å². The third kappa shape index (κ3) is 2.69. The third-order valence-electron chi connectivity index (χ3n) is 4.16. The molecule has 0 unspecified atom stereocenters. The van der Waals surface area contributed by atoms with Crippen LogP contribution in [0.1, 0.15) is 32.1 Å². The van der Waals surface area contributed by atoms with E-state index in [0.717, 1.165) is 12.8 Å². The Hall–Kier alpha value is -1.85. The van der Waals surface area contributed by atoms with E-state index in [1.807, 2.05) is 0 Å². The summed E-state index contributed by atoms with van der Waals surface area (Å²) in [5.74, 6) is -1.84. The zero-order valence-corrected chi connectivity index (χ0v) is 11.4. The Morgan fingerprint density at radius 1 is 1.45 bits per heavy atom. The Bertz CT molecular complexity index is 440. The largest absolute Gasteiger partial charge is 0.480 e. The second kappa shape index (κ2) is 5.64. The van der Waals surface area contributed by atoms with E-state index in [1.165, 1.54) is 0 Å². The van der Waals surface area contributed by atoms with Crippen molar-refractivity contribution in [3.63, 3.8) is 0 Å². The molecule has 2 N–H and O–H groups in total. The highest BCUT2D eigenvalue weighted by Crippen LogP contribution is 2.31. The molecule has 2 amide bonds. The molecule has 1 aliphatic heterocycles. The smallest absolute Gasteiger partial charge is 0.329 e. The summed E-state index contributed by atoms with van der Waals surface area (Å²) >= 11 is 0. The number of amides is 2. The van der Waals surface area contributed by atoms with Gasteiger partial charge in [-0.15, -0.1) is 6.58 Å². The molecule has 0 bridgehead atoms. The molecule has 110 valence electrons. The van der Waals surface area contributed by atoms with E-state index in [4.69, 9.17) is 0 Å². The van der Waals surface area contributed by atoms with Crippen molar-refractivity contribution in [2.24, 2.45) is 5.92 Å². The number of carboxylic acids is 1. The van der Waals surface area contributed by atoms with Gasteiger partial charge >= 0.3 is 5.97 Å².